The molecule has 0 aromatic carbocycles. The largest absolute Gasteiger partial charge is 0.481 e. The summed E-state index contributed by atoms with van der Waals surface area (Å²) in [6.45, 7) is 10.1. The maximum Gasteiger partial charge on any atom is 0.303 e. The summed E-state index contributed by atoms with van der Waals surface area (Å²) in [5.41, 5.74) is 8.96. The van der Waals surface area contributed by atoms with Crippen molar-refractivity contribution in [3.05, 3.63) is 56.2 Å². The van der Waals surface area contributed by atoms with Crippen LogP contribution in [-0.4, -0.2) is 72.0 Å². The van der Waals surface area contributed by atoms with E-state index in [1.165, 1.54) is 0 Å². The maximum absolute atomic E-state index is 12.7. The lowest BCUT2D eigenvalue weighted by Gasteiger charge is -2.20. The zero-order chi connectivity index (χ0) is 32.4. The fourth-order valence-corrected chi connectivity index (χ4v) is 9.35. The molecule has 2 amide bonds. The van der Waals surface area contributed by atoms with Gasteiger partial charge in [-0.15, -0.1) is 11.8 Å². The van der Waals surface area contributed by atoms with E-state index in [1.807, 2.05) is 39.8 Å². The van der Waals surface area contributed by atoms with Crippen LogP contribution in [0.5, 0.6) is 0 Å². The number of hydrogen-bond acceptors (Lipinski definition) is 7. The van der Waals surface area contributed by atoms with Crippen molar-refractivity contribution in [2.75, 3.05) is 5.75 Å². The molecular weight excluding hydrogens is 613 g/mol. The minimum atomic E-state index is -0.893. The lowest BCUT2D eigenvalue weighted by molar-refractivity contribution is -0.138. The van der Waals surface area contributed by atoms with E-state index >= 15 is 0 Å². The summed E-state index contributed by atoms with van der Waals surface area (Å²) in [6, 6.07) is -0.202. The lowest BCUT2D eigenvalue weighted by atomic mass is 9.91. The molecule has 1 spiro atoms. The van der Waals surface area contributed by atoms with Gasteiger partial charge in [-0.3, -0.25) is 19.2 Å². The van der Waals surface area contributed by atoms with E-state index in [9.17, 15) is 29.4 Å². The van der Waals surface area contributed by atoms with Gasteiger partial charge in [-0.05, 0) is 80.0 Å². The van der Waals surface area contributed by atoms with Gasteiger partial charge in [0.1, 0.15) is 0 Å². The van der Waals surface area contributed by atoms with Crippen LogP contribution in [-0.2, 0) is 25.6 Å². The Bertz CT molecular complexity index is 1630. The maximum atomic E-state index is 12.7. The molecule has 6 heterocycles. The summed E-state index contributed by atoms with van der Waals surface area (Å²) < 4.78 is -0.265. The highest BCUT2D eigenvalue weighted by atomic mass is 32.2. The first-order valence-corrected chi connectivity index (χ1v) is 17.4. The average molecular weight is 653 g/mol. The molecule has 6 rings (SSSR count). The Morgan fingerprint density at radius 2 is 1.60 bits per heavy atom. The Morgan fingerprint density at radius 3 is 2.22 bits per heavy atom. The number of aromatic nitrogens is 1. The SMILES string of the molecule is CC1=C(CCC(=O)O)/C(=C/c2[nH]c(/C=C3\NC(=O)[C@H](C)[C@]34S[C@H]4C)c(C)c2CCC(=O)O)NC1C[C@H]1NC(=O)C([C@H]2CS2)=C1C. The number of H-pyrrole nitrogens is 1. The minimum absolute atomic E-state index is 0.00664. The van der Waals surface area contributed by atoms with Gasteiger partial charge in [-0.2, -0.15) is 11.8 Å². The molecule has 6 atom stereocenters. The summed E-state index contributed by atoms with van der Waals surface area (Å²) in [7, 11) is 0. The third-order valence-corrected chi connectivity index (χ3v) is 12.8. The average Bonchev–Trinajstić information content (AvgIpc) is 3.83. The van der Waals surface area contributed by atoms with Crippen LogP contribution in [0.2, 0.25) is 0 Å². The molecule has 0 aliphatic carbocycles. The highest BCUT2D eigenvalue weighted by Crippen LogP contribution is 2.64. The van der Waals surface area contributed by atoms with Gasteiger partial charge in [0.2, 0.25) is 11.8 Å². The topological polar surface area (TPSA) is 161 Å². The highest BCUT2D eigenvalue weighted by molar-refractivity contribution is 8.09. The third kappa shape index (κ3) is 5.75. The second-order valence-corrected chi connectivity index (χ2v) is 15.6. The number of nitrogens with one attached hydrogen (secondary N) is 4. The Kier molecular flexibility index (Phi) is 8.26. The number of carboxylic acids is 2. The molecule has 0 bridgehead atoms. The van der Waals surface area contributed by atoms with Crippen molar-refractivity contribution in [3.63, 3.8) is 0 Å². The van der Waals surface area contributed by atoms with Crippen LogP contribution in [0.1, 0.15) is 75.9 Å². The van der Waals surface area contributed by atoms with E-state index in [0.717, 1.165) is 62.0 Å². The van der Waals surface area contributed by atoms with E-state index < -0.39 is 11.9 Å². The van der Waals surface area contributed by atoms with E-state index in [2.05, 4.69) is 27.9 Å². The monoisotopic (exact) mass is 652 g/mol. The second kappa shape index (κ2) is 11.8. The van der Waals surface area contributed by atoms with Gasteiger partial charge < -0.3 is 31.1 Å². The number of hydrogen-bond donors (Lipinski definition) is 6. The van der Waals surface area contributed by atoms with Crippen molar-refractivity contribution >= 4 is 59.4 Å². The van der Waals surface area contributed by atoms with Crippen LogP contribution >= 0.6 is 23.5 Å². The number of thioether (sulfide) groups is 2. The smallest absolute Gasteiger partial charge is 0.303 e. The first-order valence-electron chi connectivity index (χ1n) is 15.5. The molecular formula is C33H40N4O6S2. The second-order valence-electron chi connectivity index (χ2n) is 12.8. The van der Waals surface area contributed by atoms with E-state index in [0.29, 0.717) is 24.5 Å². The molecule has 0 saturated carbocycles. The first-order chi connectivity index (χ1) is 21.3. The quantitative estimate of drug-likeness (QED) is 0.193. The molecule has 5 aliphatic rings. The number of allylic oxidation sites excluding steroid dienone is 1. The normalized spacial score (nSPS) is 32.2. The van der Waals surface area contributed by atoms with Crippen LogP contribution in [0.15, 0.2) is 33.7 Å². The number of carbonyl (C=O) groups excluding carboxylic acids is 2. The number of carbonyl (C=O) groups is 4. The van der Waals surface area contributed by atoms with E-state index in [4.69, 9.17) is 0 Å². The molecule has 1 aromatic heterocycles. The van der Waals surface area contributed by atoms with Crippen molar-refractivity contribution in [2.45, 2.75) is 94.1 Å². The number of aromatic amines is 1. The Hall–Kier alpha value is -3.38. The van der Waals surface area contributed by atoms with Crippen molar-refractivity contribution < 1.29 is 29.4 Å². The summed E-state index contributed by atoms with van der Waals surface area (Å²) >= 11 is 3.55. The predicted octanol–water partition coefficient (Wildman–Crippen LogP) is 4.14. The predicted molar refractivity (Wildman–Crippen MR) is 177 cm³/mol. The third-order valence-electron chi connectivity index (χ3n) is 10.1. The number of carboxylic acid groups (broad SMARTS) is 2. The molecule has 3 saturated heterocycles. The van der Waals surface area contributed by atoms with Crippen LogP contribution < -0.4 is 16.0 Å². The fraction of sp³-hybridized carbons (Fsp3) is 0.515. The van der Waals surface area contributed by atoms with E-state index in [-0.39, 0.29) is 52.7 Å². The van der Waals surface area contributed by atoms with Gasteiger partial charge in [0, 0.05) is 63.5 Å². The molecule has 0 radical (unpaired) electrons. The lowest BCUT2D eigenvalue weighted by Crippen LogP contribution is -2.36. The summed E-state index contributed by atoms with van der Waals surface area (Å²) in [5, 5.41) is 29.5. The molecule has 3 fully saturated rings. The van der Waals surface area contributed by atoms with Crippen molar-refractivity contribution in [1.29, 1.82) is 0 Å². The summed E-state index contributed by atoms with van der Waals surface area (Å²) in [6.07, 6.45) is 5.19. The zero-order valence-electron chi connectivity index (χ0n) is 26.1. The minimum Gasteiger partial charge on any atom is -0.481 e. The molecule has 5 aliphatic heterocycles. The van der Waals surface area contributed by atoms with E-state index in [1.54, 1.807) is 23.5 Å². The van der Waals surface area contributed by atoms with Crippen LogP contribution in [0.4, 0.5) is 0 Å². The number of rotatable bonds is 11. The van der Waals surface area contributed by atoms with Crippen molar-refractivity contribution in [1.82, 2.24) is 20.9 Å². The number of aliphatic carboxylic acids is 2. The van der Waals surface area contributed by atoms with Crippen molar-refractivity contribution in [3.8, 4) is 0 Å². The summed E-state index contributed by atoms with van der Waals surface area (Å²) in [5.74, 6) is -0.925. The molecule has 240 valence electrons. The Morgan fingerprint density at radius 1 is 0.956 bits per heavy atom. The van der Waals surface area contributed by atoms with Crippen LogP contribution in [0.25, 0.3) is 12.2 Å². The first kappa shape index (κ1) is 31.6. The van der Waals surface area contributed by atoms with Gasteiger partial charge >= 0.3 is 11.9 Å². The van der Waals surface area contributed by atoms with Crippen LogP contribution in [0.3, 0.4) is 0 Å². The zero-order valence-corrected chi connectivity index (χ0v) is 27.8. The van der Waals surface area contributed by atoms with Crippen molar-refractivity contribution in [2.24, 2.45) is 5.92 Å². The molecule has 6 N–H and O–H groups in total. The standard InChI is InChI=1S/C33H40N4O6S2/c1-14-19(6-8-28(38)39)24(34-21(14)10-22-16(3)30(26-13-44-26)32(43)36-22)11-25-20(7-9-29(40)41)15(2)23(35-25)12-27-33(18(5)45-33)17(4)31(42)37-27/h11-12,17-18,21-22,26,34-35H,6-10,13H2,1-5H3,(H,36,43)(H,37,42)(H,38,39)(H,40,41)/b24-11-,27-12-/t17-,18-,21?,22+,26+,33+/m0/s1. The van der Waals surface area contributed by atoms with Gasteiger partial charge in [-0.25, -0.2) is 0 Å². The van der Waals surface area contributed by atoms with Gasteiger partial charge in [-0.1, -0.05) is 13.8 Å². The van der Waals surface area contributed by atoms with Crippen LogP contribution in [0, 0.1) is 12.8 Å². The molecule has 10 nitrogen and oxygen atoms in total. The molecule has 45 heavy (non-hydrogen) atoms. The molecule has 1 aromatic rings. The Balaban J connectivity index is 1.34. The summed E-state index contributed by atoms with van der Waals surface area (Å²) in [4.78, 5) is 52.1. The van der Waals surface area contributed by atoms with Gasteiger partial charge in [0.25, 0.3) is 0 Å². The fourth-order valence-electron chi connectivity index (χ4n) is 7.23. The van der Waals surface area contributed by atoms with Gasteiger partial charge in [0.05, 0.1) is 16.7 Å². The Labute approximate surface area is 271 Å². The molecule has 12 heteroatoms. The highest BCUT2D eigenvalue weighted by Gasteiger charge is 2.65. The molecule has 1 unspecified atom stereocenters. The van der Waals surface area contributed by atoms with Gasteiger partial charge in [0.15, 0.2) is 0 Å². The number of amides is 2.